The summed E-state index contributed by atoms with van der Waals surface area (Å²) in [6, 6.07) is 6.26. The Labute approximate surface area is 109 Å². The summed E-state index contributed by atoms with van der Waals surface area (Å²) in [5.74, 6) is 0. The van der Waals surface area contributed by atoms with Crippen LogP contribution in [0.25, 0.3) is 0 Å². The number of ether oxygens (including phenoxy) is 1. The molecule has 0 radical (unpaired) electrons. The molecule has 2 rings (SSSR count). The highest BCUT2D eigenvalue weighted by Crippen LogP contribution is 2.28. The molecule has 3 heteroatoms. The molecule has 0 spiro atoms. The van der Waals surface area contributed by atoms with Gasteiger partial charge in [0.15, 0.2) is 0 Å². The van der Waals surface area contributed by atoms with Crippen LogP contribution in [-0.4, -0.2) is 31.9 Å². The van der Waals surface area contributed by atoms with Gasteiger partial charge in [0.05, 0.1) is 6.61 Å². The zero-order valence-electron chi connectivity index (χ0n) is 11.4. The van der Waals surface area contributed by atoms with E-state index in [1.165, 1.54) is 17.7 Å². The minimum absolute atomic E-state index is 0.391. The molecule has 0 fully saturated rings. The molecule has 0 bridgehead atoms. The maximum Gasteiger partial charge on any atom is 0.102 e. The zero-order valence-corrected chi connectivity index (χ0v) is 11.4. The smallest absolute Gasteiger partial charge is 0.102 e. The average molecular weight is 249 g/mol. The molecule has 18 heavy (non-hydrogen) atoms. The van der Waals surface area contributed by atoms with Crippen LogP contribution in [0, 0.1) is 0 Å². The molecule has 1 aromatic rings. The van der Waals surface area contributed by atoms with Crippen molar-refractivity contribution in [2.45, 2.75) is 32.3 Å². The summed E-state index contributed by atoms with van der Waals surface area (Å²) in [6.45, 7) is 4.29. The van der Waals surface area contributed by atoms with Gasteiger partial charge in [-0.2, -0.15) is 0 Å². The van der Waals surface area contributed by atoms with Gasteiger partial charge in [0, 0.05) is 25.9 Å². The minimum Gasteiger partial charge on any atom is -0.386 e. The van der Waals surface area contributed by atoms with Crippen molar-refractivity contribution in [1.29, 1.82) is 0 Å². The predicted molar refractivity (Wildman–Crippen MR) is 74.1 cm³/mol. The first kappa shape index (κ1) is 13.4. The first-order chi connectivity index (χ1) is 8.72. The average Bonchev–Trinajstić information content (AvgIpc) is 2.39. The molecule has 0 amide bonds. The van der Waals surface area contributed by atoms with Gasteiger partial charge in [-0.3, -0.25) is 0 Å². The Balaban J connectivity index is 2.06. The Bertz CT molecular complexity index is 392. The predicted octanol–water partition coefficient (Wildman–Crippen LogP) is 2.53. The van der Waals surface area contributed by atoms with E-state index >= 15 is 0 Å². The summed E-state index contributed by atoms with van der Waals surface area (Å²) in [4.78, 5) is 2.28. The van der Waals surface area contributed by atoms with Gasteiger partial charge in [0.1, 0.15) is 6.10 Å². The van der Waals surface area contributed by atoms with Crippen LogP contribution in [0.4, 0.5) is 5.69 Å². The van der Waals surface area contributed by atoms with Gasteiger partial charge >= 0.3 is 0 Å². The van der Waals surface area contributed by atoms with Crippen LogP contribution in [0.15, 0.2) is 18.2 Å². The van der Waals surface area contributed by atoms with Crippen LogP contribution in [0.3, 0.4) is 0 Å². The van der Waals surface area contributed by atoms with Gasteiger partial charge in [-0.15, -0.1) is 0 Å². The van der Waals surface area contributed by atoms with Gasteiger partial charge < -0.3 is 14.7 Å². The molecule has 0 aromatic heterocycles. The van der Waals surface area contributed by atoms with Crippen LogP contribution in [0.1, 0.15) is 37.0 Å². The van der Waals surface area contributed by atoms with Gasteiger partial charge in [-0.05, 0) is 36.5 Å². The minimum atomic E-state index is -0.505. The van der Waals surface area contributed by atoms with Gasteiger partial charge in [0.25, 0.3) is 0 Å². The number of hydrogen-bond donors (Lipinski definition) is 1. The number of benzene rings is 1. The summed E-state index contributed by atoms with van der Waals surface area (Å²) >= 11 is 0. The number of aliphatic hydroxyl groups is 1. The first-order valence-corrected chi connectivity index (χ1v) is 6.82. The zero-order chi connectivity index (χ0) is 13.0. The van der Waals surface area contributed by atoms with E-state index in [0.29, 0.717) is 13.2 Å². The first-order valence-electron chi connectivity index (χ1n) is 6.82. The van der Waals surface area contributed by atoms with Crippen molar-refractivity contribution in [2.75, 3.05) is 31.7 Å². The van der Waals surface area contributed by atoms with E-state index in [4.69, 9.17) is 4.74 Å². The standard InChI is InChI=1S/C15H23NO2/c1-3-9-18-11-15(17)13-6-7-14-12(10-13)5-4-8-16(14)2/h6-7,10,15,17H,3-5,8-9,11H2,1-2H3. The molecule has 1 aromatic carbocycles. The van der Waals surface area contributed by atoms with E-state index in [9.17, 15) is 5.11 Å². The van der Waals surface area contributed by atoms with Crippen molar-refractivity contribution in [3.63, 3.8) is 0 Å². The third-order valence-electron chi connectivity index (χ3n) is 3.46. The lowest BCUT2D eigenvalue weighted by Gasteiger charge is -2.28. The topological polar surface area (TPSA) is 32.7 Å². The maximum absolute atomic E-state index is 10.1. The highest BCUT2D eigenvalue weighted by atomic mass is 16.5. The number of anilines is 1. The molecule has 1 unspecified atom stereocenters. The molecule has 3 nitrogen and oxygen atoms in total. The van der Waals surface area contributed by atoms with E-state index in [2.05, 4.69) is 31.0 Å². The van der Waals surface area contributed by atoms with Crippen molar-refractivity contribution in [3.8, 4) is 0 Å². The Hall–Kier alpha value is -1.06. The number of aryl methyl sites for hydroxylation is 1. The molecule has 1 aliphatic heterocycles. The van der Waals surface area contributed by atoms with Crippen molar-refractivity contribution >= 4 is 5.69 Å². The number of aliphatic hydroxyl groups excluding tert-OH is 1. The molecule has 1 N–H and O–H groups in total. The van der Waals surface area contributed by atoms with Crippen LogP contribution in [-0.2, 0) is 11.2 Å². The Kier molecular flexibility index (Phi) is 4.61. The quantitative estimate of drug-likeness (QED) is 0.814. The fraction of sp³-hybridized carbons (Fsp3) is 0.600. The highest BCUT2D eigenvalue weighted by Gasteiger charge is 2.16. The van der Waals surface area contributed by atoms with Crippen molar-refractivity contribution < 1.29 is 9.84 Å². The van der Waals surface area contributed by atoms with E-state index in [0.717, 1.165) is 24.9 Å². The van der Waals surface area contributed by atoms with Crippen molar-refractivity contribution in [3.05, 3.63) is 29.3 Å². The molecule has 0 aliphatic carbocycles. The fourth-order valence-electron chi connectivity index (χ4n) is 2.45. The molecule has 0 saturated carbocycles. The van der Waals surface area contributed by atoms with Crippen molar-refractivity contribution in [1.82, 2.24) is 0 Å². The highest BCUT2D eigenvalue weighted by molar-refractivity contribution is 5.56. The second-order valence-electron chi connectivity index (χ2n) is 5.00. The molecule has 1 atom stereocenters. The largest absolute Gasteiger partial charge is 0.386 e. The monoisotopic (exact) mass is 249 g/mol. The lowest BCUT2D eigenvalue weighted by Crippen LogP contribution is -2.24. The van der Waals surface area contributed by atoms with Gasteiger partial charge in [0.2, 0.25) is 0 Å². The summed E-state index contributed by atoms with van der Waals surface area (Å²) in [5, 5.41) is 10.1. The second-order valence-corrected chi connectivity index (χ2v) is 5.00. The molecule has 1 aliphatic rings. The second kappa shape index (κ2) is 6.21. The summed E-state index contributed by atoms with van der Waals surface area (Å²) in [7, 11) is 2.12. The SMILES string of the molecule is CCCOCC(O)c1ccc2c(c1)CCCN2C. The normalized spacial score (nSPS) is 16.5. The van der Waals surface area contributed by atoms with Crippen LogP contribution < -0.4 is 4.90 Å². The summed E-state index contributed by atoms with van der Waals surface area (Å²) in [5.41, 5.74) is 3.61. The molecular weight excluding hydrogens is 226 g/mol. The van der Waals surface area contributed by atoms with E-state index in [1.807, 2.05) is 6.07 Å². The number of nitrogens with zero attached hydrogens (tertiary/aromatic N) is 1. The lowest BCUT2D eigenvalue weighted by atomic mass is 9.98. The lowest BCUT2D eigenvalue weighted by molar-refractivity contribution is 0.0363. The molecule has 0 saturated heterocycles. The Morgan fingerprint density at radius 1 is 1.44 bits per heavy atom. The number of hydrogen-bond acceptors (Lipinski definition) is 3. The maximum atomic E-state index is 10.1. The Morgan fingerprint density at radius 3 is 3.06 bits per heavy atom. The van der Waals surface area contributed by atoms with Gasteiger partial charge in [-0.1, -0.05) is 19.1 Å². The van der Waals surface area contributed by atoms with Gasteiger partial charge in [-0.25, -0.2) is 0 Å². The van der Waals surface area contributed by atoms with E-state index in [1.54, 1.807) is 0 Å². The van der Waals surface area contributed by atoms with E-state index < -0.39 is 6.10 Å². The molecule has 1 heterocycles. The summed E-state index contributed by atoms with van der Waals surface area (Å²) in [6.07, 6.45) is 2.78. The Morgan fingerprint density at radius 2 is 2.28 bits per heavy atom. The van der Waals surface area contributed by atoms with Crippen LogP contribution in [0.5, 0.6) is 0 Å². The summed E-state index contributed by atoms with van der Waals surface area (Å²) < 4.78 is 5.40. The number of rotatable bonds is 5. The molecule has 100 valence electrons. The van der Waals surface area contributed by atoms with Crippen molar-refractivity contribution in [2.24, 2.45) is 0 Å². The third-order valence-corrected chi connectivity index (χ3v) is 3.46. The fourth-order valence-corrected chi connectivity index (χ4v) is 2.45. The van der Waals surface area contributed by atoms with Crippen LogP contribution in [0.2, 0.25) is 0 Å². The van der Waals surface area contributed by atoms with E-state index in [-0.39, 0.29) is 0 Å². The van der Waals surface area contributed by atoms with Crippen LogP contribution >= 0.6 is 0 Å². The number of fused-ring (bicyclic) bond motifs is 1. The third kappa shape index (κ3) is 3.03. The molecular formula is C15H23NO2.